The van der Waals surface area contributed by atoms with Crippen LogP contribution in [0.25, 0.3) is 0 Å². The summed E-state index contributed by atoms with van der Waals surface area (Å²) in [5.41, 5.74) is 0.900. The molecule has 0 spiro atoms. The summed E-state index contributed by atoms with van der Waals surface area (Å²) in [7, 11) is 0. The van der Waals surface area contributed by atoms with Gasteiger partial charge in [-0.05, 0) is 44.9 Å². The lowest BCUT2D eigenvalue weighted by atomic mass is 10.2. The van der Waals surface area contributed by atoms with E-state index in [0.717, 1.165) is 37.0 Å². The SMILES string of the molecule is CC1Oc2ccccc2N(CCCNC2CC2)C1=O. The summed E-state index contributed by atoms with van der Waals surface area (Å²) < 4.78 is 5.62. The molecule has 1 unspecified atom stereocenters. The Balaban J connectivity index is 1.65. The van der Waals surface area contributed by atoms with Crippen LogP contribution < -0.4 is 15.0 Å². The Morgan fingerprint density at radius 3 is 2.95 bits per heavy atom. The average molecular weight is 260 g/mol. The molecule has 1 aromatic carbocycles. The van der Waals surface area contributed by atoms with Crippen LogP contribution in [0, 0.1) is 0 Å². The van der Waals surface area contributed by atoms with E-state index in [1.807, 2.05) is 36.1 Å². The fourth-order valence-corrected chi connectivity index (χ4v) is 2.42. The molecule has 1 saturated carbocycles. The van der Waals surface area contributed by atoms with Crippen molar-refractivity contribution in [2.45, 2.75) is 38.3 Å². The van der Waals surface area contributed by atoms with Crippen molar-refractivity contribution in [1.82, 2.24) is 5.32 Å². The van der Waals surface area contributed by atoms with Crippen molar-refractivity contribution in [2.75, 3.05) is 18.0 Å². The Morgan fingerprint density at radius 2 is 2.16 bits per heavy atom. The molecule has 0 aromatic heterocycles. The Morgan fingerprint density at radius 1 is 1.37 bits per heavy atom. The van der Waals surface area contributed by atoms with E-state index in [0.29, 0.717) is 0 Å². The number of ether oxygens (including phenoxy) is 1. The molecule has 1 fully saturated rings. The highest BCUT2D eigenvalue weighted by molar-refractivity contribution is 5.99. The Hall–Kier alpha value is -1.55. The summed E-state index contributed by atoms with van der Waals surface area (Å²) in [5, 5.41) is 3.48. The fraction of sp³-hybridized carbons (Fsp3) is 0.533. The topological polar surface area (TPSA) is 41.6 Å². The molecule has 1 atom stereocenters. The minimum absolute atomic E-state index is 0.0603. The highest BCUT2D eigenvalue weighted by Gasteiger charge is 2.30. The van der Waals surface area contributed by atoms with E-state index in [-0.39, 0.29) is 12.0 Å². The minimum Gasteiger partial charge on any atom is -0.479 e. The standard InChI is InChI=1S/C15H20N2O2/c1-11-15(18)17(10-4-9-16-12-7-8-12)13-5-2-3-6-14(13)19-11/h2-3,5-6,11-12,16H,4,7-10H2,1H3. The van der Waals surface area contributed by atoms with Crippen LogP contribution in [0.2, 0.25) is 0 Å². The van der Waals surface area contributed by atoms with Crippen LogP contribution in [-0.2, 0) is 4.79 Å². The van der Waals surface area contributed by atoms with Crippen LogP contribution >= 0.6 is 0 Å². The number of fused-ring (bicyclic) bond motifs is 1. The maximum absolute atomic E-state index is 12.2. The third-order valence-corrected chi connectivity index (χ3v) is 3.64. The number of nitrogens with zero attached hydrogens (tertiary/aromatic N) is 1. The Labute approximate surface area is 113 Å². The molecule has 1 amide bonds. The molecular formula is C15H20N2O2. The van der Waals surface area contributed by atoms with Crippen molar-refractivity contribution in [3.05, 3.63) is 24.3 Å². The number of amides is 1. The molecule has 102 valence electrons. The summed E-state index contributed by atoms with van der Waals surface area (Å²) in [6.07, 6.45) is 3.20. The van der Waals surface area contributed by atoms with Gasteiger partial charge >= 0.3 is 0 Å². The maximum Gasteiger partial charge on any atom is 0.267 e. The van der Waals surface area contributed by atoms with Gasteiger partial charge in [-0.1, -0.05) is 12.1 Å². The molecule has 2 aliphatic rings. The van der Waals surface area contributed by atoms with Crippen molar-refractivity contribution in [1.29, 1.82) is 0 Å². The van der Waals surface area contributed by atoms with Gasteiger partial charge in [-0.2, -0.15) is 0 Å². The predicted octanol–water partition coefficient (Wildman–Crippen LogP) is 1.94. The van der Waals surface area contributed by atoms with E-state index in [4.69, 9.17) is 4.74 Å². The van der Waals surface area contributed by atoms with E-state index in [9.17, 15) is 4.79 Å². The second-order valence-electron chi connectivity index (χ2n) is 5.30. The van der Waals surface area contributed by atoms with Gasteiger partial charge in [0, 0.05) is 12.6 Å². The molecule has 1 aromatic rings. The highest BCUT2D eigenvalue weighted by atomic mass is 16.5. The van der Waals surface area contributed by atoms with E-state index in [1.54, 1.807) is 0 Å². The Bertz CT molecular complexity index is 471. The van der Waals surface area contributed by atoms with Gasteiger partial charge in [-0.25, -0.2) is 0 Å². The molecule has 0 bridgehead atoms. The van der Waals surface area contributed by atoms with Crippen molar-refractivity contribution < 1.29 is 9.53 Å². The molecule has 0 radical (unpaired) electrons. The lowest BCUT2D eigenvalue weighted by molar-refractivity contribution is -0.125. The van der Waals surface area contributed by atoms with Crippen LogP contribution in [0.1, 0.15) is 26.2 Å². The largest absolute Gasteiger partial charge is 0.479 e. The normalized spacial score (nSPS) is 22.1. The van der Waals surface area contributed by atoms with Gasteiger partial charge < -0.3 is 15.0 Å². The van der Waals surface area contributed by atoms with Gasteiger partial charge in [0.25, 0.3) is 5.91 Å². The van der Waals surface area contributed by atoms with E-state index >= 15 is 0 Å². The summed E-state index contributed by atoms with van der Waals surface area (Å²) in [4.78, 5) is 14.1. The number of hydrogen-bond acceptors (Lipinski definition) is 3. The Kier molecular flexibility index (Phi) is 3.42. The number of rotatable bonds is 5. The minimum atomic E-state index is -0.383. The zero-order valence-corrected chi connectivity index (χ0v) is 11.3. The molecule has 1 aliphatic heterocycles. The van der Waals surface area contributed by atoms with Crippen LogP contribution in [0.5, 0.6) is 5.75 Å². The first-order valence-corrected chi connectivity index (χ1v) is 7.06. The highest BCUT2D eigenvalue weighted by Crippen LogP contribution is 2.33. The van der Waals surface area contributed by atoms with Gasteiger partial charge in [0.15, 0.2) is 6.10 Å². The van der Waals surface area contributed by atoms with Gasteiger partial charge in [-0.15, -0.1) is 0 Å². The third kappa shape index (κ3) is 2.73. The number of carbonyl (C=O) groups excluding carboxylic acids is 1. The molecule has 0 saturated heterocycles. The van der Waals surface area contributed by atoms with Crippen LogP contribution in [0.15, 0.2) is 24.3 Å². The van der Waals surface area contributed by atoms with Gasteiger partial charge in [0.05, 0.1) is 5.69 Å². The zero-order chi connectivity index (χ0) is 13.2. The molecule has 3 rings (SSSR count). The molecular weight excluding hydrogens is 240 g/mol. The van der Waals surface area contributed by atoms with Crippen LogP contribution in [0.4, 0.5) is 5.69 Å². The van der Waals surface area contributed by atoms with Crippen molar-refractivity contribution in [3.63, 3.8) is 0 Å². The summed E-state index contributed by atoms with van der Waals surface area (Å²) in [5.74, 6) is 0.870. The van der Waals surface area contributed by atoms with Gasteiger partial charge in [0.2, 0.25) is 0 Å². The van der Waals surface area contributed by atoms with Gasteiger partial charge in [-0.3, -0.25) is 4.79 Å². The summed E-state index contributed by atoms with van der Waals surface area (Å²) in [6, 6.07) is 8.49. The van der Waals surface area contributed by atoms with Gasteiger partial charge in [0.1, 0.15) is 5.75 Å². The number of hydrogen-bond donors (Lipinski definition) is 1. The fourth-order valence-electron chi connectivity index (χ4n) is 2.42. The first-order chi connectivity index (χ1) is 9.25. The number of carbonyl (C=O) groups is 1. The van der Waals surface area contributed by atoms with E-state index in [1.165, 1.54) is 12.8 Å². The quantitative estimate of drug-likeness (QED) is 0.823. The van der Waals surface area contributed by atoms with Crippen molar-refractivity contribution in [2.24, 2.45) is 0 Å². The number of benzene rings is 1. The molecule has 19 heavy (non-hydrogen) atoms. The second kappa shape index (κ2) is 5.21. The van der Waals surface area contributed by atoms with E-state index < -0.39 is 0 Å². The smallest absolute Gasteiger partial charge is 0.267 e. The first kappa shape index (κ1) is 12.5. The number of anilines is 1. The monoisotopic (exact) mass is 260 g/mol. The predicted molar refractivity (Wildman–Crippen MR) is 74.5 cm³/mol. The molecule has 4 heteroatoms. The third-order valence-electron chi connectivity index (χ3n) is 3.64. The molecule has 1 heterocycles. The number of nitrogens with one attached hydrogen (secondary N) is 1. The van der Waals surface area contributed by atoms with Crippen molar-refractivity contribution >= 4 is 11.6 Å². The average Bonchev–Trinajstić information content (AvgIpc) is 3.22. The second-order valence-corrected chi connectivity index (χ2v) is 5.30. The maximum atomic E-state index is 12.2. The van der Waals surface area contributed by atoms with E-state index in [2.05, 4.69) is 5.32 Å². The van der Waals surface area contributed by atoms with Crippen LogP contribution in [-0.4, -0.2) is 31.1 Å². The summed E-state index contributed by atoms with van der Waals surface area (Å²) >= 11 is 0. The molecule has 1 N–H and O–H groups in total. The van der Waals surface area contributed by atoms with Crippen LogP contribution in [0.3, 0.4) is 0 Å². The van der Waals surface area contributed by atoms with Crippen molar-refractivity contribution in [3.8, 4) is 5.75 Å². The number of para-hydroxylation sites is 2. The summed E-state index contributed by atoms with van der Waals surface area (Å²) in [6.45, 7) is 3.54. The lowest BCUT2D eigenvalue weighted by Crippen LogP contribution is -2.45. The molecule has 4 nitrogen and oxygen atoms in total. The molecule has 1 aliphatic carbocycles. The lowest BCUT2D eigenvalue weighted by Gasteiger charge is -2.33. The first-order valence-electron chi connectivity index (χ1n) is 7.06. The zero-order valence-electron chi connectivity index (χ0n) is 11.3.